The highest BCUT2D eigenvalue weighted by Crippen LogP contribution is 2.48. The number of para-hydroxylation sites is 2. The van der Waals surface area contributed by atoms with Crippen molar-refractivity contribution in [3.05, 3.63) is 249 Å². The van der Waals surface area contributed by atoms with Crippen LogP contribution in [-0.2, 0) is 0 Å². The van der Waals surface area contributed by atoms with Crippen molar-refractivity contribution in [2.24, 2.45) is 0 Å². The minimum absolute atomic E-state index is 0.893. The molecule has 13 rings (SSSR count). The minimum Gasteiger partial charge on any atom is -0.455 e. The van der Waals surface area contributed by atoms with E-state index in [1.165, 1.54) is 76.5 Å². The molecule has 0 N–H and O–H groups in total. The molecule has 0 aliphatic rings. The number of nitrogens with zero attached hydrogens (tertiary/aromatic N) is 1. The molecule has 0 unspecified atom stereocenters. The van der Waals surface area contributed by atoms with Crippen molar-refractivity contribution in [2.45, 2.75) is 0 Å². The average Bonchev–Trinajstić information content (AvgIpc) is 3.78. The second-order valence-electron chi connectivity index (χ2n) is 17.2. The molecule has 2 nitrogen and oxygen atoms in total. The van der Waals surface area contributed by atoms with Gasteiger partial charge in [0.25, 0.3) is 0 Å². The molecule has 12 aromatic carbocycles. The van der Waals surface area contributed by atoms with Crippen LogP contribution in [0.15, 0.2) is 253 Å². The zero-order chi connectivity index (χ0) is 43.6. The Bertz CT molecular complexity index is 3980. The van der Waals surface area contributed by atoms with E-state index in [9.17, 15) is 0 Å². The number of hydrogen-bond donors (Lipinski definition) is 0. The molecule has 0 atom stereocenters. The molecule has 13 aromatic rings. The molecule has 0 aliphatic carbocycles. The van der Waals surface area contributed by atoms with Crippen LogP contribution in [0.3, 0.4) is 0 Å². The Morgan fingerprint density at radius 1 is 0.258 bits per heavy atom. The molecular formula is C64H41NO. The highest BCUT2D eigenvalue weighted by molar-refractivity contribution is 6.22. The minimum atomic E-state index is 0.893. The molecule has 1 heterocycles. The van der Waals surface area contributed by atoms with Crippen molar-refractivity contribution in [1.29, 1.82) is 0 Å². The van der Waals surface area contributed by atoms with E-state index in [1.807, 2.05) is 6.07 Å². The van der Waals surface area contributed by atoms with E-state index in [1.54, 1.807) is 0 Å². The van der Waals surface area contributed by atoms with Gasteiger partial charge in [0.15, 0.2) is 0 Å². The number of furan rings is 1. The van der Waals surface area contributed by atoms with E-state index in [0.717, 1.165) is 50.1 Å². The molecule has 0 radical (unpaired) electrons. The topological polar surface area (TPSA) is 16.4 Å². The van der Waals surface area contributed by atoms with Crippen LogP contribution in [0.5, 0.6) is 0 Å². The summed E-state index contributed by atoms with van der Waals surface area (Å²) < 4.78 is 6.59. The van der Waals surface area contributed by atoms with E-state index >= 15 is 0 Å². The van der Waals surface area contributed by atoms with Gasteiger partial charge in [-0.2, -0.15) is 0 Å². The lowest BCUT2D eigenvalue weighted by Gasteiger charge is -2.27. The molecule has 1 aromatic heterocycles. The summed E-state index contributed by atoms with van der Waals surface area (Å²) >= 11 is 0. The Labute approximate surface area is 382 Å². The van der Waals surface area contributed by atoms with Gasteiger partial charge in [-0.3, -0.25) is 0 Å². The Hall–Kier alpha value is -8.72. The summed E-state index contributed by atoms with van der Waals surface area (Å²) in [5.41, 5.74) is 14.4. The molecule has 2 heteroatoms. The average molecular weight is 840 g/mol. The van der Waals surface area contributed by atoms with Crippen LogP contribution in [0.1, 0.15) is 0 Å². The number of hydrogen-bond acceptors (Lipinski definition) is 2. The molecule has 0 spiro atoms. The maximum absolute atomic E-state index is 6.59. The van der Waals surface area contributed by atoms with Crippen molar-refractivity contribution >= 4 is 82.1 Å². The third-order valence-electron chi connectivity index (χ3n) is 13.4. The number of rotatable bonds is 7. The Balaban J connectivity index is 1.05. The van der Waals surface area contributed by atoms with Gasteiger partial charge in [-0.25, -0.2) is 0 Å². The molecule has 0 saturated heterocycles. The lowest BCUT2D eigenvalue weighted by atomic mass is 9.85. The standard InChI is InChI=1S/C64H41NO/c1-3-17-43(18-4-1)62-57-29-12-11-26-53(57)55-38-37-49(41-60(55)63(62)44-19-5-2-6-20-44)65(48-23-15-22-45(39-48)51-30-16-31-58-56-28-13-14-32-61(56)66-64(51)58)47-35-33-42(34-36-47)59-40-46-21-7-8-24-50(46)52-25-9-10-27-54(52)59/h1-41H. The Morgan fingerprint density at radius 3 is 1.55 bits per heavy atom. The predicted molar refractivity (Wildman–Crippen MR) is 280 cm³/mol. The highest BCUT2D eigenvalue weighted by Gasteiger charge is 2.22. The third kappa shape index (κ3) is 6.18. The van der Waals surface area contributed by atoms with Gasteiger partial charge in [0.2, 0.25) is 0 Å². The van der Waals surface area contributed by atoms with Gasteiger partial charge in [-0.1, -0.05) is 200 Å². The second kappa shape index (κ2) is 15.5. The van der Waals surface area contributed by atoms with Crippen LogP contribution in [0, 0.1) is 0 Å². The van der Waals surface area contributed by atoms with E-state index < -0.39 is 0 Å². The number of benzene rings is 12. The van der Waals surface area contributed by atoms with Crippen LogP contribution < -0.4 is 4.90 Å². The van der Waals surface area contributed by atoms with Gasteiger partial charge in [0.05, 0.1) is 0 Å². The summed E-state index contributed by atoms with van der Waals surface area (Å²) in [6.45, 7) is 0. The predicted octanol–water partition coefficient (Wildman–Crippen LogP) is 18.3. The first-order valence-electron chi connectivity index (χ1n) is 22.7. The van der Waals surface area contributed by atoms with Gasteiger partial charge in [-0.05, 0) is 131 Å². The van der Waals surface area contributed by atoms with Crippen molar-refractivity contribution < 1.29 is 4.42 Å². The Kier molecular flexibility index (Phi) is 8.89. The van der Waals surface area contributed by atoms with Crippen molar-refractivity contribution in [3.63, 3.8) is 0 Å². The largest absolute Gasteiger partial charge is 0.455 e. The second-order valence-corrected chi connectivity index (χ2v) is 17.2. The zero-order valence-corrected chi connectivity index (χ0v) is 36.0. The van der Waals surface area contributed by atoms with Crippen LogP contribution in [0.2, 0.25) is 0 Å². The summed E-state index contributed by atoms with van der Waals surface area (Å²) in [4.78, 5) is 2.41. The van der Waals surface area contributed by atoms with Crippen LogP contribution >= 0.6 is 0 Å². The first kappa shape index (κ1) is 37.8. The molecule has 0 bridgehead atoms. The van der Waals surface area contributed by atoms with E-state index in [-0.39, 0.29) is 0 Å². The summed E-state index contributed by atoms with van der Waals surface area (Å²) in [5.74, 6) is 0. The fourth-order valence-corrected chi connectivity index (χ4v) is 10.4. The molecular weight excluding hydrogens is 799 g/mol. The molecule has 308 valence electrons. The first-order chi connectivity index (χ1) is 32.7. The summed E-state index contributed by atoms with van der Waals surface area (Å²) in [5, 5.41) is 12.2. The molecule has 0 fully saturated rings. The van der Waals surface area contributed by atoms with Gasteiger partial charge in [0, 0.05) is 33.4 Å². The van der Waals surface area contributed by atoms with Crippen LogP contribution in [-0.4, -0.2) is 0 Å². The maximum atomic E-state index is 6.59. The van der Waals surface area contributed by atoms with Crippen molar-refractivity contribution in [1.82, 2.24) is 0 Å². The molecule has 66 heavy (non-hydrogen) atoms. The molecule has 0 saturated carbocycles. The van der Waals surface area contributed by atoms with E-state index in [4.69, 9.17) is 4.42 Å². The SMILES string of the molecule is c1ccc(-c2c(-c3ccccc3)c3cc(N(c4ccc(-c5cc6ccccc6c6ccccc56)cc4)c4cccc(-c5cccc6c5oc5ccccc56)c4)ccc3c3ccccc23)cc1. The van der Waals surface area contributed by atoms with Crippen molar-refractivity contribution in [2.75, 3.05) is 4.90 Å². The lowest BCUT2D eigenvalue weighted by Crippen LogP contribution is -2.10. The Morgan fingerprint density at radius 2 is 0.788 bits per heavy atom. The van der Waals surface area contributed by atoms with Crippen LogP contribution in [0.25, 0.3) is 110 Å². The van der Waals surface area contributed by atoms with Gasteiger partial charge in [0.1, 0.15) is 11.2 Å². The summed E-state index contributed by atoms with van der Waals surface area (Å²) in [6.07, 6.45) is 0. The maximum Gasteiger partial charge on any atom is 0.143 e. The smallest absolute Gasteiger partial charge is 0.143 e. The van der Waals surface area contributed by atoms with Crippen molar-refractivity contribution in [3.8, 4) is 44.5 Å². The monoisotopic (exact) mass is 839 g/mol. The van der Waals surface area contributed by atoms with Crippen LogP contribution in [0.4, 0.5) is 17.1 Å². The normalized spacial score (nSPS) is 11.6. The highest BCUT2D eigenvalue weighted by atomic mass is 16.3. The quantitative estimate of drug-likeness (QED) is 0.149. The van der Waals surface area contributed by atoms with Gasteiger partial charge in [-0.15, -0.1) is 0 Å². The summed E-state index contributed by atoms with van der Waals surface area (Å²) in [7, 11) is 0. The molecule has 0 amide bonds. The fraction of sp³-hybridized carbons (Fsp3) is 0. The van der Waals surface area contributed by atoms with Gasteiger partial charge >= 0.3 is 0 Å². The lowest BCUT2D eigenvalue weighted by molar-refractivity contribution is 0.670. The van der Waals surface area contributed by atoms with E-state index in [2.05, 4.69) is 248 Å². The molecule has 0 aliphatic heterocycles. The zero-order valence-electron chi connectivity index (χ0n) is 36.0. The van der Waals surface area contributed by atoms with E-state index in [0.29, 0.717) is 0 Å². The number of fused-ring (bicyclic) bond motifs is 9. The van der Waals surface area contributed by atoms with Gasteiger partial charge < -0.3 is 9.32 Å². The third-order valence-corrected chi connectivity index (χ3v) is 13.4. The first-order valence-corrected chi connectivity index (χ1v) is 22.7. The summed E-state index contributed by atoms with van der Waals surface area (Å²) in [6, 6.07) is 90.3. The fourth-order valence-electron chi connectivity index (χ4n) is 10.4. The number of anilines is 3.